The predicted octanol–water partition coefficient (Wildman–Crippen LogP) is 3.15. The molecule has 1 fully saturated rings. The van der Waals surface area contributed by atoms with E-state index in [0.717, 1.165) is 18.4 Å². The Morgan fingerprint density at radius 2 is 1.97 bits per heavy atom. The summed E-state index contributed by atoms with van der Waals surface area (Å²) in [7, 11) is 0. The lowest BCUT2D eigenvalue weighted by Crippen LogP contribution is -2.50. The van der Waals surface area contributed by atoms with Crippen molar-refractivity contribution < 1.29 is 23.5 Å². The minimum atomic E-state index is -0.656. The average Bonchev–Trinajstić information content (AvgIpc) is 3.25. The van der Waals surface area contributed by atoms with Crippen molar-refractivity contribution in [2.45, 2.75) is 38.5 Å². The van der Waals surface area contributed by atoms with Gasteiger partial charge in [-0.3, -0.25) is 14.5 Å². The van der Waals surface area contributed by atoms with Gasteiger partial charge in [-0.05, 0) is 49.6 Å². The monoisotopic (exact) mass is 412 g/mol. The molecule has 0 unspecified atom stereocenters. The van der Waals surface area contributed by atoms with E-state index >= 15 is 0 Å². The van der Waals surface area contributed by atoms with Crippen molar-refractivity contribution in [1.29, 1.82) is 0 Å². The summed E-state index contributed by atoms with van der Waals surface area (Å²) in [4.78, 5) is 29.2. The van der Waals surface area contributed by atoms with E-state index in [1.807, 2.05) is 12.1 Å². The van der Waals surface area contributed by atoms with Gasteiger partial charge in [-0.2, -0.15) is 0 Å². The highest BCUT2D eigenvalue weighted by Gasteiger charge is 2.34. The third kappa shape index (κ3) is 4.46. The number of hydrogen-bond donors (Lipinski definition) is 0. The number of para-hydroxylation sites is 2. The van der Waals surface area contributed by atoms with Crippen LogP contribution in [-0.4, -0.2) is 48.6 Å². The summed E-state index contributed by atoms with van der Waals surface area (Å²) in [5.41, 5.74) is 1.41. The first-order valence-corrected chi connectivity index (χ1v) is 10.2. The summed E-state index contributed by atoms with van der Waals surface area (Å²) in [6, 6.07) is 13.3. The van der Waals surface area contributed by atoms with Gasteiger partial charge in [0.25, 0.3) is 5.91 Å². The second-order valence-corrected chi connectivity index (χ2v) is 7.69. The standard InChI is InChI=1S/C23H25FN2O4/c1-16-23(28)26(20-6-2-3-7-21(20)30-16)15-22(27)25(14-19-5-4-12-29-19)13-17-8-10-18(24)11-9-17/h2-3,6-11,16,19H,4-5,12-15H2,1H3/t16-,19-/m1/s1. The Labute approximate surface area is 175 Å². The molecule has 0 saturated carbocycles. The van der Waals surface area contributed by atoms with Crippen molar-refractivity contribution in [1.82, 2.24) is 4.90 Å². The number of amides is 2. The molecule has 30 heavy (non-hydrogen) atoms. The molecule has 2 atom stereocenters. The van der Waals surface area contributed by atoms with E-state index in [-0.39, 0.29) is 30.3 Å². The zero-order valence-corrected chi connectivity index (χ0v) is 16.9. The molecule has 0 aromatic heterocycles. The fourth-order valence-corrected chi connectivity index (χ4v) is 3.86. The Morgan fingerprint density at radius 3 is 2.70 bits per heavy atom. The van der Waals surface area contributed by atoms with Gasteiger partial charge in [0.2, 0.25) is 5.91 Å². The fraction of sp³-hybridized carbons (Fsp3) is 0.391. The molecule has 6 nitrogen and oxygen atoms in total. The van der Waals surface area contributed by atoms with Gasteiger partial charge in [0.05, 0.1) is 11.8 Å². The molecule has 4 rings (SSSR count). The van der Waals surface area contributed by atoms with E-state index in [1.54, 1.807) is 36.1 Å². The van der Waals surface area contributed by atoms with Crippen molar-refractivity contribution in [3.63, 3.8) is 0 Å². The molecule has 2 heterocycles. The largest absolute Gasteiger partial charge is 0.479 e. The van der Waals surface area contributed by atoms with E-state index in [0.29, 0.717) is 31.1 Å². The Balaban J connectivity index is 1.54. The molecule has 2 aliphatic rings. The Kier molecular flexibility index (Phi) is 5.99. The molecule has 2 amide bonds. The second kappa shape index (κ2) is 8.83. The summed E-state index contributed by atoms with van der Waals surface area (Å²) in [5.74, 6) is -0.171. The minimum Gasteiger partial charge on any atom is -0.479 e. The number of ether oxygens (including phenoxy) is 2. The Hall–Kier alpha value is -2.93. The van der Waals surface area contributed by atoms with E-state index in [1.165, 1.54) is 17.0 Å². The lowest BCUT2D eigenvalue weighted by molar-refractivity contribution is -0.134. The van der Waals surface area contributed by atoms with Crippen molar-refractivity contribution in [2.24, 2.45) is 0 Å². The molecule has 0 bridgehead atoms. The van der Waals surface area contributed by atoms with Gasteiger partial charge in [0.15, 0.2) is 6.10 Å². The molecule has 7 heteroatoms. The molecule has 1 saturated heterocycles. The number of carbonyl (C=O) groups is 2. The van der Waals surface area contributed by atoms with E-state index in [2.05, 4.69) is 0 Å². The van der Waals surface area contributed by atoms with Crippen LogP contribution in [0, 0.1) is 5.82 Å². The molecule has 2 aromatic carbocycles. The fourth-order valence-electron chi connectivity index (χ4n) is 3.86. The number of carbonyl (C=O) groups excluding carboxylic acids is 2. The predicted molar refractivity (Wildman–Crippen MR) is 110 cm³/mol. The number of nitrogens with zero attached hydrogens (tertiary/aromatic N) is 2. The average molecular weight is 412 g/mol. The molecule has 2 aromatic rings. The van der Waals surface area contributed by atoms with Crippen LogP contribution in [-0.2, 0) is 20.9 Å². The van der Waals surface area contributed by atoms with Crippen LogP contribution < -0.4 is 9.64 Å². The molecule has 2 aliphatic heterocycles. The minimum absolute atomic E-state index is 0.0269. The van der Waals surface area contributed by atoms with Crippen molar-refractivity contribution in [3.05, 3.63) is 59.9 Å². The van der Waals surface area contributed by atoms with Crippen LogP contribution >= 0.6 is 0 Å². The van der Waals surface area contributed by atoms with E-state index in [4.69, 9.17) is 9.47 Å². The maximum atomic E-state index is 13.3. The number of halogens is 1. The van der Waals surface area contributed by atoms with Gasteiger partial charge in [0.1, 0.15) is 18.1 Å². The van der Waals surface area contributed by atoms with Gasteiger partial charge in [-0.1, -0.05) is 24.3 Å². The van der Waals surface area contributed by atoms with Crippen LogP contribution in [0.15, 0.2) is 48.5 Å². The Bertz CT molecular complexity index is 912. The second-order valence-electron chi connectivity index (χ2n) is 7.69. The van der Waals surface area contributed by atoms with Gasteiger partial charge in [0, 0.05) is 19.7 Å². The zero-order chi connectivity index (χ0) is 21.1. The van der Waals surface area contributed by atoms with Crippen molar-refractivity contribution in [2.75, 3.05) is 24.6 Å². The molecule has 0 N–H and O–H groups in total. The molecule has 0 aliphatic carbocycles. The summed E-state index contributed by atoms with van der Waals surface area (Å²) in [5, 5.41) is 0. The van der Waals surface area contributed by atoms with E-state index in [9.17, 15) is 14.0 Å². The number of hydrogen-bond acceptors (Lipinski definition) is 4. The first-order valence-electron chi connectivity index (χ1n) is 10.2. The van der Waals surface area contributed by atoms with Crippen LogP contribution in [0.3, 0.4) is 0 Å². The highest BCUT2D eigenvalue weighted by molar-refractivity contribution is 6.03. The SMILES string of the molecule is C[C@H]1Oc2ccccc2N(CC(=O)N(Cc2ccc(F)cc2)C[C@H]2CCCO2)C1=O. The molecule has 0 spiro atoms. The van der Waals surface area contributed by atoms with Crippen molar-refractivity contribution >= 4 is 17.5 Å². The van der Waals surface area contributed by atoms with Gasteiger partial charge >= 0.3 is 0 Å². The number of benzene rings is 2. The summed E-state index contributed by atoms with van der Waals surface area (Å²) in [6.07, 6.45) is 1.18. The quantitative estimate of drug-likeness (QED) is 0.732. The molecule has 158 valence electrons. The van der Waals surface area contributed by atoms with Crippen LogP contribution in [0.25, 0.3) is 0 Å². The highest BCUT2D eigenvalue weighted by atomic mass is 19.1. The lowest BCUT2D eigenvalue weighted by Gasteiger charge is -2.34. The molecular formula is C23H25FN2O4. The van der Waals surface area contributed by atoms with Crippen molar-refractivity contribution in [3.8, 4) is 5.75 Å². The van der Waals surface area contributed by atoms with Gasteiger partial charge in [-0.25, -0.2) is 4.39 Å². The first kappa shape index (κ1) is 20.3. The number of rotatable bonds is 6. The third-order valence-corrected chi connectivity index (χ3v) is 5.45. The maximum Gasteiger partial charge on any atom is 0.268 e. The Morgan fingerprint density at radius 1 is 1.20 bits per heavy atom. The lowest BCUT2D eigenvalue weighted by atomic mass is 10.1. The van der Waals surface area contributed by atoms with Crippen LogP contribution in [0.2, 0.25) is 0 Å². The number of anilines is 1. The first-order chi connectivity index (χ1) is 14.5. The van der Waals surface area contributed by atoms with Crippen LogP contribution in [0.4, 0.5) is 10.1 Å². The smallest absolute Gasteiger partial charge is 0.268 e. The summed E-state index contributed by atoms with van der Waals surface area (Å²) >= 11 is 0. The summed E-state index contributed by atoms with van der Waals surface area (Å²) < 4.78 is 24.7. The highest BCUT2D eigenvalue weighted by Crippen LogP contribution is 2.33. The van der Waals surface area contributed by atoms with Crippen LogP contribution in [0.5, 0.6) is 5.75 Å². The van der Waals surface area contributed by atoms with Crippen LogP contribution in [0.1, 0.15) is 25.3 Å². The normalized spacial score (nSPS) is 20.6. The number of fused-ring (bicyclic) bond motifs is 1. The zero-order valence-electron chi connectivity index (χ0n) is 16.9. The molecule has 0 radical (unpaired) electrons. The van der Waals surface area contributed by atoms with Gasteiger partial charge < -0.3 is 14.4 Å². The topological polar surface area (TPSA) is 59.1 Å². The van der Waals surface area contributed by atoms with Gasteiger partial charge in [-0.15, -0.1) is 0 Å². The molecular weight excluding hydrogens is 387 g/mol. The third-order valence-electron chi connectivity index (χ3n) is 5.45. The summed E-state index contributed by atoms with van der Waals surface area (Å²) in [6.45, 7) is 3.05. The van der Waals surface area contributed by atoms with E-state index < -0.39 is 6.10 Å². The maximum absolute atomic E-state index is 13.3.